The Morgan fingerprint density at radius 2 is 2.03 bits per heavy atom. The number of hydrogen-bond donors (Lipinski definition) is 2. The molecule has 1 aromatic carbocycles. The van der Waals surface area contributed by atoms with Crippen molar-refractivity contribution < 1.29 is 4.74 Å². The van der Waals surface area contributed by atoms with E-state index in [0.717, 1.165) is 29.8 Å². The predicted octanol–water partition coefficient (Wildman–Crippen LogP) is 2.96. The number of aromatic amines is 1. The van der Waals surface area contributed by atoms with Gasteiger partial charge in [0.1, 0.15) is 17.7 Å². The maximum Gasteiger partial charge on any atom is 0.162 e. The van der Waals surface area contributed by atoms with E-state index in [1.165, 1.54) is 6.33 Å². The van der Waals surface area contributed by atoms with Crippen molar-refractivity contribution in [3.05, 3.63) is 41.7 Å². The zero-order chi connectivity index (χ0) is 19.8. The Kier molecular flexibility index (Phi) is 4.61. The summed E-state index contributed by atoms with van der Waals surface area (Å²) in [4.78, 5) is 27.6. The van der Waals surface area contributed by atoms with E-state index in [2.05, 4.69) is 30.2 Å². The molecule has 1 aliphatic heterocycles. The summed E-state index contributed by atoms with van der Waals surface area (Å²) in [7, 11) is 0. The van der Waals surface area contributed by atoms with Crippen molar-refractivity contribution in [2.75, 3.05) is 36.5 Å². The molecule has 0 radical (unpaired) electrons. The number of imidazole rings is 1. The lowest BCUT2D eigenvalue weighted by Crippen LogP contribution is -2.37. The normalized spacial score (nSPS) is 15.7. The number of nitrogens with zero attached hydrogens (tertiary/aromatic N) is 6. The summed E-state index contributed by atoms with van der Waals surface area (Å²) in [5.41, 5.74) is 2.16. The summed E-state index contributed by atoms with van der Waals surface area (Å²) in [5.74, 6) is 2.12. The zero-order valence-electron chi connectivity index (χ0n) is 15.8. The van der Waals surface area contributed by atoms with E-state index < -0.39 is 0 Å². The second-order valence-electron chi connectivity index (χ2n) is 6.83. The highest BCUT2D eigenvalue weighted by atomic mass is 35.5. The van der Waals surface area contributed by atoms with Gasteiger partial charge in [-0.2, -0.15) is 0 Å². The number of morpholine rings is 1. The molecule has 1 aliphatic rings. The lowest BCUT2D eigenvalue weighted by molar-refractivity contribution is 0.122. The van der Waals surface area contributed by atoms with Crippen molar-refractivity contribution in [1.82, 2.24) is 29.9 Å². The van der Waals surface area contributed by atoms with E-state index in [0.29, 0.717) is 41.0 Å². The van der Waals surface area contributed by atoms with Gasteiger partial charge in [-0.15, -0.1) is 0 Å². The van der Waals surface area contributed by atoms with Gasteiger partial charge >= 0.3 is 0 Å². The highest BCUT2D eigenvalue weighted by Gasteiger charge is 2.21. The fourth-order valence-electron chi connectivity index (χ4n) is 3.48. The standard InChI is InChI=1S/C19H19ClN8O/c1-11(25-18-15-17(22-9-21-15)23-10-24-18)16-26-13-4-2-3-12(20)14(13)19(27-16)28-5-7-29-8-6-28/h2-4,9-11H,5-8H2,1H3,(H2,21,22,23,24,25)/t11-/m0/s1. The average molecular weight is 411 g/mol. The van der Waals surface area contributed by atoms with Gasteiger partial charge < -0.3 is 19.9 Å². The SMILES string of the molecule is C[C@H](Nc1ncnc2[nH]cnc12)c1nc(N2CCOCC2)c2c(Cl)cccc2n1. The van der Waals surface area contributed by atoms with Gasteiger partial charge in [0, 0.05) is 13.1 Å². The predicted molar refractivity (Wildman–Crippen MR) is 111 cm³/mol. The summed E-state index contributed by atoms with van der Waals surface area (Å²) < 4.78 is 5.50. The molecule has 148 valence electrons. The number of H-pyrrole nitrogens is 1. The van der Waals surface area contributed by atoms with Crippen LogP contribution in [0.2, 0.25) is 5.02 Å². The van der Waals surface area contributed by atoms with E-state index in [1.54, 1.807) is 6.33 Å². The van der Waals surface area contributed by atoms with Crippen LogP contribution in [0.15, 0.2) is 30.9 Å². The minimum absolute atomic E-state index is 0.201. The number of rotatable bonds is 4. The average Bonchev–Trinajstić information content (AvgIpc) is 3.24. The van der Waals surface area contributed by atoms with Gasteiger partial charge in [-0.1, -0.05) is 17.7 Å². The molecule has 5 rings (SSSR count). The van der Waals surface area contributed by atoms with Crippen molar-refractivity contribution >= 4 is 45.3 Å². The number of hydrogen-bond acceptors (Lipinski definition) is 8. The largest absolute Gasteiger partial charge is 0.378 e. The minimum atomic E-state index is -0.201. The molecule has 3 aromatic heterocycles. The molecule has 9 nitrogen and oxygen atoms in total. The number of fused-ring (bicyclic) bond motifs is 2. The van der Waals surface area contributed by atoms with Crippen molar-refractivity contribution in [2.24, 2.45) is 0 Å². The van der Waals surface area contributed by atoms with Crippen LogP contribution in [0.5, 0.6) is 0 Å². The first-order valence-corrected chi connectivity index (χ1v) is 9.78. The molecule has 1 fully saturated rings. The van der Waals surface area contributed by atoms with Gasteiger partial charge in [-0.25, -0.2) is 24.9 Å². The molecule has 0 saturated carbocycles. The summed E-state index contributed by atoms with van der Waals surface area (Å²) in [6.07, 6.45) is 3.09. The second-order valence-corrected chi connectivity index (χ2v) is 7.23. The molecule has 0 spiro atoms. The topological polar surface area (TPSA) is 105 Å². The van der Waals surface area contributed by atoms with Gasteiger partial charge in [-0.3, -0.25) is 0 Å². The van der Waals surface area contributed by atoms with Crippen LogP contribution >= 0.6 is 11.6 Å². The molecule has 1 atom stereocenters. The van der Waals surface area contributed by atoms with Gasteiger partial charge in [0.05, 0.1) is 41.5 Å². The third-order valence-corrected chi connectivity index (χ3v) is 5.25. The molecule has 4 aromatic rings. The van der Waals surface area contributed by atoms with E-state index in [1.807, 2.05) is 25.1 Å². The fraction of sp³-hybridized carbons (Fsp3) is 0.316. The van der Waals surface area contributed by atoms with E-state index in [9.17, 15) is 0 Å². The summed E-state index contributed by atoms with van der Waals surface area (Å²) in [5, 5.41) is 4.87. The summed E-state index contributed by atoms with van der Waals surface area (Å²) in [6, 6.07) is 5.53. The Balaban J connectivity index is 1.56. The lowest BCUT2D eigenvalue weighted by atomic mass is 10.2. The van der Waals surface area contributed by atoms with Crippen LogP contribution in [-0.4, -0.2) is 56.2 Å². The molecule has 0 unspecified atom stereocenters. The third kappa shape index (κ3) is 3.32. The molecule has 0 amide bonds. The first-order valence-electron chi connectivity index (χ1n) is 9.40. The minimum Gasteiger partial charge on any atom is -0.378 e. The molecule has 0 bridgehead atoms. The van der Waals surface area contributed by atoms with Crippen LogP contribution in [0.1, 0.15) is 18.8 Å². The number of benzene rings is 1. The quantitative estimate of drug-likeness (QED) is 0.529. The van der Waals surface area contributed by atoms with Crippen LogP contribution in [0.25, 0.3) is 22.1 Å². The third-order valence-electron chi connectivity index (χ3n) is 4.94. The molecule has 10 heteroatoms. The number of aromatic nitrogens is 6. The fourth-order valence-corrected chi connectivity index (χ4v) is 3.73. The van der Waals surface area contributed by atoms with E-state index >= 15 is 0 Å². The van der Waals surface area contributed by atoms with Crippen molar-refractivity contribution in [1.29, 1.82) is 0 Å². The highest BCUT2D eigenvalue weighted by Crippen LogP contribution is 2.32. The van der Waals surface area contributed by atoms with Gasteiger partial charge in [0.2, 0.25) is 0 Å². The van der Waals surface area contributed by atoms with Gasteiger partial charge in [0.25, 0.3) is 0 Å². The van der Waals surface area contributed by atoms with Crippen LogP contribution in [0.3, 0.4) is 0 Å². The van der Waals surface area contributed by atoms with Crippen LogP contribution < -0.4 is 10.2 Å². The second kappa shape index (κ2) is 7.41. The Morgan fingerprint density at radius 3 is 2.90 bits per heavy atom. The molecule has 0 aliphatic carbocycles. The maximum absolute atomic E-state index is 6.51. The maximum atomic E-state index is 6.51. The van der Waals surface area contributed by atoms with Crippen molar-refractivity contribution in [3.8, 4) is 0 Å². The highest BCUT2D eigenvalue weighted by molar-refractivity contribution is 6.36. The molecule has 29 heavy (non-hydrogen) atoms. The van der Waals surface area contributed by atoms with Gasteiger partial charge in [0.15, 0.2) is 17.3 Å². The Labute approximate surface area is 171 Å². The van der Waals surface area contributed by atoms with Crippen molar-refractivity contribution in [2.45, 2.75) is 13.0 Å². The Hall–Kier alpha value is -3.04. The Morgan fingerprint density at radius 1 is 1.17 bits per heavy atom. The van der Waals surface area contributed by atoms with Crippen molar-refractivity contribution in [3.63, 3.8) is 0 Å². The molecular weight excluding hydrogens is 392 g/mol. The zero-order valence-corrected chi connectivity index (χ0v) is 16.5. The van der Waals surface area contributed by atoms with Crippen LogP contribution in [0, 0.1) is 0 Å². The number of ether oxygens (including phenoxy) is 1. The monoisotopic (exact) mass is 410 g/mol. The smallest absolute Gasteiger partial charge is 0.162 e. The van der Waals surface area contributed by atoms with Crippen LogP contribution in [0.4, 0.5) is 11.6 Å². The molecule has 4 heterocycles. The number of halogens is 1. The number of anilines is 2. The molecular formula is C19H19ClN8O. The lowest BCUT2D eigenvalue weighted by Gasteiger charge is -2.29. The van der Waals surface area contributed by atoms with Gasteiger partial charge in [-0.05, 0) is 19.1 Å². The van der Waals surface area contributed by atoms with E-state index in [-0.39, 0.29) is 6.04 Å². The summed E-state index contributed by atoms with van der Waals surface area (Å²) in [6.45, 7) is 4.85. The summed E-state index contributed by atoms with van der Waals surface area (Å²) >= 11 is 6.51. The first-order chi connectivity index (χ1) is 14.2. The molecule has 1 saturated heterocycles. The number of nitrogens with one attached hydrogen (secondary N) is 2. The van der Waals surface area contributed by atoms with E-state index in [4.69, 9.17) is 26.3 Å². The molecule has 2 N–H and O–H groups in total. The van der Waals surface area contributed by atoms with Crippen LogP contribution in [-0.2, 0) is 4.74 Å². The Bertz CT molecular complexity index is 1170. The first kappa shape index (κ1) is 18.0.